The molecule has 0 saturated heterocycles. The average Bonchev–Trinajstić information content (AvgIpc) is 2.70. The standard InChI is InChI=1S/C24H28N2O/c1-3-4-7-18(2)20-13-10-19(11-14-20)12-15-24(27)26-22-16-21-8-5-6-9-23(21)25-17-22/h5-6,8-11,13-14,16-18H,3-4,7,12,15H2,1-2H3,(H,26,27). The lowest BCUT2D eigenvalue weighted by Gasteiger charge is -2.12. The van der Waals surface area contributed by atoms with Gasteiger partial charge in [-0.1, -0.05) is 69.2 Å². The quantitative estimate of drug-likeness (QED) is 0.527. The van der Waals surface area contributed by atoms with Gasteiger partial charge >= 0.3 is 0 Å². The monoisotopic (exact) mass is 360 g/mol. The summed E-state index contributed by atoms with van der Waals surface area (Å²) in [5, 5.41) is 3.99. The van der Waals surface area contributed by atoms with Gasteiger partial charge in [-0.25, -0.2) is 0 Å². The van der Waals surface area contributed by atoms with Gasteiger partial charge in [-0.3, -0.25) is 9.78 Å². The lowest BCUT2D eigenvalue weighted by Crippen LogP contribution is -2.12. The number of fused-ring (bicyclic) bond motifs is 1. The number of anilines is 1. The Bertz CT molecular complexity index is 886. The van der Waals surface area contributed by atoms with Gasteiger partial charge in [0.15, 0.2) is 0 Å². The molecule has 1 N–H and O–H groups in total. The molecule has 2 aromatic carbocycles. The van der Waals surface area contributed by atoms with Crippen molar-refractivity contribution in [2.45, 2.75) is 51.9 Å². The van der Waals surface area contributed by atoms with Gasteiger partial charge in [-0.2, -0.15) is 0 Å². The number of aryl methyl sites for hydroxylation is 1. The summed E-state index contributed by atoms with van der Waals surface area (Å²) < 4.78 is 0. The number of nitrogens with zero attached hydrogens (tertiary/aromatic N) is 1. The van der Waals surface area contributed by atoms with E-state index >= 15 is 0 Å². The van der Waals surface area contributed by atoms with Crippen LogP contribution in [0.5, 0.6) is 0 Å². The number of rotatable bonds is 8. The molecule has 3 nitrogen and oxygen atoms in total. The minimum absolute atomic E-state index is 0.0208. The van der Waals surface area contributed by atoms with Crippen LogP contribution in [0.4, 0.5) is 5.69 Å². The molecule has 0 bridgehead atoms. The average molecular weight is 361 g/mol. The number of nitrogens with one attached hydrogen (secondary N) is 1. The van der Waals surface area contributed by atoms with E-state index in [1.807, 2.05) is 30.3 Å². The van der Waals surface area contributed by atoms with Crippen molar-refractivity contribution in [3.8, 4) is 0 Å². The predicted octanol–water partition coefficient (Wildman–Crippen LogP) is 6.10. The zero-order valence-electron chi connectivity index (χ0n) is 16.2. The van der Waals surface area contributed by atoms with Crippen LogP contribution in [-0.2, 0) is 11.2 Å². The fraction of sp³-hybridized carbons (Fsp3) is 0.333. The molecule has 0 aliphatic heterocycles. The summed E-state index contributed by atoms with van der Waals surface area (Å²) in [6.45, 7) is 4.52. The summed E-state index contributed by atoms with van der Waals surface area (Å²) >= 11 is 0. The maximum Gasteiger partial charge on any atom is 0.224 e. The van der Waals surface area contributed by atoms with Crippen LogP contribution in [0.3, 0.4) is 0 Å². The smallest absolute Gasteiger partial charge is 0.224 e. The molecule has 0 radical (unpaired) electrons. The highest BCUT2D eigenvalue weighted by Gasteiger charge is 2.07. The van der Waals surface area contributed by atoms with Crippen molar-refractivity contribution < 1.29 is 4.79 Å². The third-order valence-electron chi connectivity index (χ3n) is 5.05. The van der Waals surface area contributed by atoms with E-state index in [1.54, 1.807) is 6.20 Å². The Hall–Kier alpha value is -2.68. The Morgan fingerprint density at radius 2 is 1.89 bits per heavy atom. The lowest BCUT2D eigenvalue weighted by molar-refractivity contribution is -0.116. The second-order valence-corrected chi connectivity index (χ2v) is 7.25. The minimum Gasteiger partial charge on any atom is -0.325 e. The highest BCUT2D eigenvalue weighted by atomic mass is 16.1. The zero-order valence-corrected chi connectivity index (χ0v) is 16.2. The molecule has 1 amide bonds. The molecule has 3 rings (SSSR count). The van der Waals surface area contributed by atoms with Crippen molar-refractivity contribution in [3.63, 3.8) is 0 Å². The van der Waals surface area contributed by atoms with E-state index in [0.717, 1.165) is 23.0 Å². The third kappa shape index (κ3) is 5.40. The highest BCUT2D eigenvalue weighted by Crippen LogP contribution is 2.22. The number of carbonyl (C=O) groups is 1. The summed E-state index contributed by atoms with van der Waals surface area (Å²) in [6.07, 6.45) is 6.68. The molecule has 0 aliphatic rings. The van der Waals surface area contributed by atoms with Gasteiger partial charge in [-0.05, 0) is 42.0 Å². The second kappa shape index (κ2) is 9.31. The van der Waals surface area contributed by atoms with Crippen molar-refractivity contribution in [3.05, 3.63) is 71.9 Å². The third-order valence-corrected chi connectivity index (χ3v) is 5.05. The molecular weight excluding hydrogens is 332 g/mol. The van der Waals surface area contributed by atoms with Crippen LogP contribution in [0.15, 0.2) is 60.8 Å². The van der Waals surface area contributed by atoms with Gasteiger partial charge in [0.2, 0.25) is 5.91 Å². The number of hydrogen-bond acceptors (Lipinski definition) is 2. The first-order valence-corrected chi connectivity index (χ1v) is 9.89. The molecule has 0 saturated carbocycles. The van der Waals surface area contributed by atoms with Gasteiger partial charge in [0, 0.05) is 11.8 Å². The van der Waals surface area contributed by atoms with Gasteiger partial charge in [0.1, 0.15) is 0 Å². The van der Waals surface area contributed by atoms with Crippen LogP contribution >= 0.6 is 0 Å². The van der Waals surface area contributed by atoms with E-state index in [-0.39, 0.29) is 5.91 Å². The Labute approximate surface area is 161 Å². The zero-order chi connectivity index (χ0) is 19.1. The van der Waals surface area contributed by atoms with Crippen LogP contribution < -0.4 is 5.32 Å². The molecule has 0 aliphatic carbocycles. The number of amides is 1. The summed E-state index contributed by atoms with van der Waals surface area (Å²) in [6, 6.07) is 18.6. The number of aromatic nitrogens is 1. The molecule has 0 fully saturated rings. The summed E-state index contributed by atoms with van der Waals surface area (Å²) in [7, 11) is 0. The molecule has 1 atom stereocenters. The van der Waals surface area contributed by atoms with E-state index in [2.05, 4.69) is 48.4 Å². The molecule has 1 unspecified atom stereocenters. The number of benzene rings is 2. The number of carbonyl (C=O) groups excluding carboxylic acids is 1. The second-order valence-electron chi connectivity index (χ2n) is 7.25. The van der Waals surface area contributed by atoms with E-state index in [4.69, 9.17) is 0 Å². The Morgan fingerprint density at radius 1 is 1.11 bits per heavy atom. The first-order valence-electron chi connectivity index (χ1n) is 9.89. The number of unbranched alkanes of at least 4 members (excludes halogenated alkanes) is 1. The van der Waals surface area contributed by atoms with E-state index in [1.165, 1.54) is 30.4 Å². The van der Waals surface area contributed by atoms with Crippen molar-refractivity contribution in [2.24, 2.45) is 0 Å². The fourth-order valence-corrected chi connectivity index (χ4v) is 3.31. The number of hydrogen-bond donors (Lipinski definition) is 1. The predicted molar refractivity (Wildman–Crippen MR) is 113 cm³/mol. The molecule has 0 spiro atoms. The lowest BCUT2D eigenvalue weighted by atomic mass is 9.94. The van der Waals surface area contributed by atoms with E-state index in [0.29, 0.717) is 12.3 Å². The molecule has 140 valence electrons. The summed E-state index contributed by atoms with van der Waals surface area (Å²) in [5.41, 5.74) is 4.27. The van der Waals surface area contributed by atoms with Crippen LogP contribution in [0.2, 0.25) is 0 Å². The molecular formula is C24H28N2O. The number of pyridine rings is 1. The van der Waals surface area contributed by atoms with Gasteiger partial charge in [0.25, 0.3) is 0 Å². The SMILES string of the molecule is CCCCC(C)c1ccc(CCC(=O)Nc2cnc3ccccc3c2)cc1. The minimum atomic E-state index is 0.0208. The maximum absolute atomic E-state index is 12.3. The Kier molecular flexibility index (Phi) is 6.59. The first-order chi connectivity index (χ1) is 13.2. The molecule has 27 heavy (non-hydrogen) atoms. The van der Waals surface area contributed by atoms with Crippen LogP contribution in [0.25, 0.3) is 10.9 Å². The molecule has 1 heterocycles. The summed E-state index contributed by atoms with van der Waals surface area (Å²) in [4.78, 5) is 16.7. The van der Waals surface area contributed by atoms with Crippen molar-refractivity contribution in [2.75, 3.05) is 5.32 Å². The largest absolute Gasteiger partial charge is 0.325 e. The van der Waals surface area contributed by atoms with Crippen LogP contribution in [-0.4, -0.2) is 10.9 Å². The van der Waals surface area contributed by atoms with Crippen molar-refractivity contribution in [1.82, 2.24) is 4.98 Å². The Morgan fingerprint density at radius 3 is 2.67 bits per heavy atom. The topological polar surface area (TPSA) is 42.0 Å². The highest BCUT2D eigenvalue weighted by molar-refractivity contribution is 5.93. The van der Waals surface area contributed by atoms with E-state index in [9.17, 15) is 4.79 Å². The first kappa shape index (κ1) is 19.1. The Balaban J connectivity index is 1.52. The van der Waals surface area contributed by atoms with Gasteiger partial charge < -0.3 is 5.32 Å². The molecule has 3 aromatic rings. The van der Waals surface area contributed by atoms with Crippen molar-refractivity contribution >= 4 is 22.5 Å². The molecule has 3 heteroatoms. The number of para-hydroxylation sites is 1. The van der Waals surface area contributed by atoms with Gasteiger partial charge in [0.05, 0.1) is 17.4 Å². The van der Waals surface area contributed by atoms with Gasteiger partial charge in [-0.15, -0.1) is 0 Å². The van der Waals surface area contributed by atoms with Crippen LogP contribution in [0.1, 0.15) is 56.6 Å². The summed E-state index contributed by atoms with van der Waals surface area (Å²) in [5.74, 6) is 0.621. The fourth-order valence-electron chi connectivity index (χ4n) is 3.31. The van der Waals surface area contributed by atoms with Crippen molar-refractivity contribution in [1.29, 1.82) is 0 Å². The maximum atomic E-state index is 12.3. The van der Waals surface area contributed by atoms with E-state index < -0.39 is 0 Å². The van der Waals surface area contributed by atoms with Crippen LogP contribution in [0, 0.1) is 0 Å². The molecule has 1 aromatic heterocycles. The normalized spacial score (nSPS) is 12.1.